The number of amides is 1. The molecule has 1 unspecified atom stereocenters. The Morgan fingerprint density at radius 1 is 1.13 bits per heavy atom. The number of hydrogen-bond acceptors (Lipinski definition) is 6. The van der Waals surface area contributed by atoms with Crippen molar-refractivity contribution in [3.8, 4) is 5.69 Å². The van der Waals surface area contributed by atoms with Gasteiger partial charge in [-0.25, -0.2) is 14.3 Å². The van der Waals surface area contributed by atoms with Gasteiger partial charge in [0.25, 0.3) is 5.56 Å². The van der Waals surface area contributed by atoms with Gasteiger partial charge in [0.15, 0.2) is 5.65 Å². The van der Waals surface area contributed by atoms with Gasteiger partial charge < -0.3 is 10.2 Å². The molecule has 0 bridgehead atoms. The predicted molar refractivity (Wildman–Crippen MR) is 149 cm³/mol. The molecular weight excluding hydrogens is 478 g/mol. The third kappa shape index (κ3) is 4.68. The minimum absolute atomic E-state index is 0.0355. The molecule has 4 aromatic rings. The summed E-state index contributed by atoms with van der Waals surface area (Å²) in [6.07, 6.45) is 5.82. The molecule has 9 heteroatoms. The lowest BCUT2D eigenvalue weighted by molar-refractivity contribution is -0.133. The maximum Gasteiger partial charge on any atom is 0.278 e. The Balaban J connectivity index is 1.49. The van der Waals surface area contributed by atoms with Gasteiger partial charge in [-0.2, -0.15) is 4.98 Å². The fraction of sp³-hybridized carbons (Fsp3) is 0.414. The first-order chi connectivity index (χ1) is 18.1. The summed E-state index contributed by atoms with van der Waals surface area (Å²) in [6.45, 7) is 8.78. The zero-order chi connectivity index (χ0) is 27.2. The van der Waals surface area contributed by atoms with Gasteiger partial charge in [-0.15, -0.1) is 0 Å². The molecular formula is C29H35N7O2. The van der Waals surface area contributed by atoms with Crippen LogP contribution in [-0.4, -0.2) is 49.2 Å². The predicted octanol–water partition coefficient (Wildman–Crippen LogP) is 4.23. The van der Waals surface area contributed by atoms with E-state index in [0.717, 1.165) is 36.3 Å². The highest BCUT2D eigenvalue weighted by molar-refractivity contribution is 5.79. The van der Waals surface area contributed by atoms with Crippen LogP contribution in [0.2, 0.25) is 0 Å². The van der Waals surface area contributed by atoms with Crippen molar-refractivity contribution >= 4 is 28.6 Å². The number of carbonyl (C=O) groups is 1. The van der Waals surface area contributed by atoms with E-state index in [1.807, 2.05) is 43.9 Å². The normalized spacial score (nSPS) is 15.4. The largest absolute Gasteiger partial charge is 0.349 e. The molecule has 1 N–H and O–H groups in total. The van der Waals surface area contributed by atoms with Crippen LogP contribution < -0.4 is 10.9 Å². The summed E-state index contributed by atoms with van der Waals surface area (Å²) in [4.78, 5) is 41.1. The topological polar surface area (TPSA) is 97.9 Å². The van der Waals surface area contributed by atoms with E-state index < -0.39 is 0 Å². The summed E-state index contributed by atoms with van der Waals surface area (Å²) in [6, 6.07) is 10.1. The molecule has 0 saturated heterocycles. The Morgan fingerprint density at radius 3 is 2.63 bits per heavy atom. The fourth-order valence-corrected chi connectivity index (χ4v) is 5.14. The van der Waals surface area contributed by atoms with E-state index in [1.54, 1.807) is 22.0 Å². The Morgan fingerprint density at radius 2 is 1.92 bits per heavy atom. The van der Waals surface area contributed by atoms with Crippen LogP contribution in [-0.2, 0) is 29.6 Å². The lowest BCUT2D eigenvalue weighted by Crippen LogP contribution is -2.33. The van der Waals surface area contributed by atoms with Gasteiger partial charge in [-0.05, 0) is 61.6 Å². The SMILES string of the molecule is CCn1c(=O)c2cnc(Nc3ccc4c(c3)CCC(C(=O)N(C)C)C4)nc2n1-c1ccnc(C(C)(C)C)c1. The highest BCUT2D eigenvalue weighted by Crippen LogP contribution is 2.30. The van der Waals surface area contributed by atoms with Gasteiger partial charge in [0.1, 0.15) is 5.39 Å². The monoisotopic (exact) mass is 513 g/mol. The maximum atomic E-state index is 13.2. The van der Waals surface area contributed by atoms with E-state index in [9.17, 15) is 9.59 Å². The molecule has 0 fully saturated rings. The molecule has 1 aliphatic carbocycles. The number of aryl methyl sites for hydroxylation is 1. The van der Waals surface area contributed by atoms with Crippen molar-refractivity contribution in [3.63, 3.8) is 0 Å². The van der Waals surface area contributed by atoms with Gasteiger partial charge in [0.05, 0.1) is 5.69 Å². The van der Waals surface area contributed by atoms with Crippen molar-refractivity contribution < 1.29 is 4.79 Å². The zero-order valence-electron chi connectivity index (χ0n) is 22.9. The first-order valence-corrected chi connectivity index (χ1v) is 13.1. The molecule has 0 aliphatic heterocycles. The highest BCUT2D eigenvalue weighted by Gasteiger charge is 2.26. The van der Waals surface area contributed by atoms with Crippen LogP contribution in [0.4, 0.5) is 11.6 Å². The third-order valence-corrected chi connectivity index (χ3v) is 7.21. The van der Waals surface area contributed by atoms with Crippen LogP contribution in [0.5, 0.6) is 0 Å². The second-order valence-corrected chi connectivity index (χ2v) is 11.2. The highest BCUT2D eigenvalue weighted by atomic mass is 16.2. The number of carbonyl (C=O) groups excluding carboxylic acids is 1. The van der Waals surface area contributed by atoms with Crippen LogP contribution in [0.1, 0.15) is 50.9 Å². The average molecular weight is 514 g/mol. The summed E-state index contributed by atoms with van der Waals surface area (Å²) in [5.74, 6) is 0.642. The number of benzene rings is 1. The maximum absolute atomic E-state index is 13.2. The van der Waals surface area contributed by atoms with Gasteiger partial charge in [0.2, 0.25) is 11.9 Å². The summed E-state index contributed by atoms with van der Waals surface area (Å²) >= 11 is 0. The second kappa shape index (κ2) is 9.70. The number of hydrogen-bond donors (Lipinski definition) is 1. The first-order valence-electron chi connectivity index (χ1n) is 13.1. The Labute approximate surface area is 222 Å². The van der Waals surface area contributed by atoms with Crippen LogP contribution in [0.15, 0.2) is 47.5 Å². The van der Waals surface area contributed by atoms with Crippen molar-refractivity contribution in [1.82, 2.24) is 29.2 Å². The average Bonchev–Trinajstić information content (AvgIpc) is 3.18. The van der Waals surface area contributed by atoms with E-state index in [-0.39, 0.29) is 22.8 Å². The van der Waals surface area contributed by atoms with Crippen molar-refractivity contribution in [1.29, 1.82) is 0 Å². The number of anilines is 2. The summed E-state index contributed by atoms with van der Waals surface area (Å²) in [5.41, 5.74) is 5.37. The van der Waals surface area contributed by atoms with Crippen LogP contribution in [0.25, 0.3) is 16.7 Å². The molecule has 1 atom stereocenters. The zero-order valence-corrected chi connectivity index (χ0v) is 22.9. The molecule has 5 rings (SSSR count). The van der Waals surface area contributed by atoms with E-state index in [0.29, 0.717) is 23.5 Å². The number of fused-ring (bicyclic) bond motifs is 2. The van der Waals surface area contributed by atoms with Gasteiger partial charge in [0, 0.05) is 55.7 Å². The molecule has 0 spiro atoms. The molecule has 9 nitrogen and oxygen atoms in total. The Bertz CT molecular complexity index is 1580. The van der Waals surface area contributed by atoms with Crippen LogP contribution >= 0.6 is 0 Å². The minimum atomic E-state index is -0.135. The quantitative estimate of drug-likeness (QED) is 0.429. The number of nitrogens with zero attached hydrogens (tertiary/aromatic N) is 6. The van der Waals surface area contributed by atoms with Gasteiger partial charge in [-0.1, -0.05) is 26.8 Å². The van der Waals surface area contributed by atoms with E-state index in [4.69, 9.17) is 4.98 Å². The lowest BCUT2D eigenvalue weighted by Gasteiger charge is -2.26. The second-order valence-electron chi connectivity index (χ2n) is 11.2. The third-order valence-electron chi connectivity index (χ3n) is 7.21. The van der Waals surface area contributed by atoms with Crippen molar-refractivity contribution in [2.75, 3.05) is 19.4 Å². The lowest BCUT2D eigenvalue weighted by atomic mass is 9.83. The fourth-order valence-electron chi connectivity index (χ4n) is 5.14. The van der Waals surface area contributed by atoms with Crippen molar-refractivity contribution in [3.05, 3.63) is 69.9 Å². The Kier molecular flexibility index (Phi) is 6.54. The first kappa shape index (κ1) is 25.6. The smallest absolute Gasteiger partial charge is 0.278 e. The van der Waals surface area contributed by atoms with E-state index in [2.05, 4.69) is 48.2 Å². The number of aromatic nitrogens is 5. The van der Waals surface area contributed by atoms with Crippen LogP contribution in [0.3, 0.4) is 0 Å². The molecule has 198 valence electrons. The number of nitrogens with one attached hydrogen (secondary N) is 1. The summed E-state index contributed by atoms with van der Waals surface area (Å²) < 4.78 is 3.53. The molecule has 1 aromatic carbocycles. The van der Waals surface area contributed by atoms with Gasteiger partial charge in [-0.3, -0.25) is 14.6 Å². The minimum Gasteiger partial charge on any atom is -0.349 e. The molecule has 1 amide bonds. The van der Waals surface area contributed by atoms with E-state index in [1.165, 1.54) is 11.1 Å². The van der Waals surface area contributed by atoms with E-state index >= 15 is 0 Å². The number of rotatable bonds is 5. The number of pyridine rings is 1. The standard InChI is InChI=1S/C29H35N7O2/c1-7-35-27(38)23-17-31-28(33-25(23)36(35)22-12-13-30-24(16-22)29(2,3)4)32-21-11-10-18-14-20(26(37)34(5)6)9-8-19(18)15-21/h10-13,15-17,20H,7-9,14H2,1-6H3,(H,31,32,33). The molecule has 0 saturated carbocycles. The van der Waals surface area contributed by atoms with Crippen molar-refractivity contribution in [2.45, 2.75) is 58.9 Å². The Hall–Kier alpha value is -4.01. The van der Waals surface area contributed by atoms with Crippen molar-refractivity contribution in [2.24, 2.45) is 5.92 Å². The molecule has 3 heterocycles. The molecule has 1 aliphatic rings. The summed E-state index contributed by atoms with van der Waals surface area (Å²) in [7, 11) is 3.63. The van der Waals surface area contributed by atoms with Crippen LogP contribution in [0, 0.1) is 5.92 Å². The molecule has 0 radical (unpaired) electrons. The van der Waals surface area contributed by atoms with Gasteiger partial charge >= 0.3 is 0 Å². The summed E-state index contributed by atoms with van der Waals surface area (Å²) in [5, 5.41) is 3.79. The molecule has 38 heavy (non-hydrogen) atoms. The molecule has 3 aromatic heterocycles.